The van der Waals surface area contributed by atoms with Crippen LogP contribution in [0.5, 0.6) is 0 Å². The van der Waals surface area contributed by atoms with Gasteiger partial charge < -0.3 is 5.73 Å². The molecule has 2 aromatic heterocycles. The fourth-order valence-electron chi connectivity index (χ4n) is 2.17. The number of aromatic amines is 1. The maximum absolute atomic E-state index is 14.0. The third-order valence-corrected chi connectivity index (χ3v) is 4.52. The molecule has 0 saturated heterocycles. The van der Waals surface area contributed by atoms with Gasteiger partial charge in [0.1, 0.15) is 5.82 Å². The molecular formula is C15H14FN3S. The van der Waals surface area contributed by atoms with Gasteiger partial charge in [0.05, 0.1) is 16.1 Å². The fraction of sp³-hybridized carbons (Fsp3) is 0.133. The molecule has 3 N–H and O–H groups in total. The highest BCUT2D eigenvalue weighted by atomic mass is 32.1. The molecule has 0 spiro atoms. The highest BCUT2D eigenvalue weighted by Gasteiger charge is 2.19. The molecular weight excluding hydrogens is 273 g/mol. The van der Waals surface area contributed by atoms with E-state index < -0.39 is 0 Å². The average molecular weight is 287 g/mol. The SMILES string of the molecule is Cc1cc(-c2[nH]nc(N)c2-c2ccccc2F)sc1C. The second kappa shape index (κ2) is 4.76. The lowest BCUT2D eigenvalue weighted by atomic mass is 10.0. The summed E-state index contributed by atoms with van der Waals surface area (Å²) in [5, 5.41) is 6.97. The van der Waals surface area contributed by atoms with Crippen LogP contribution in [0.1, 0.15) is 10.4 Å². The van der Waals surface area contributed by atoms with Crippen molar-refractivity contribution < 1.29 is 4.39 Å². The highest BCUT2D eigenvalue weighted by Crippen LogP contribution is 2.39. The lowest BCUT2D eigenvalue weighted by molar-refractivity contribution is 0.631. The average Bonchev–Trinajstić information content (AvgIpc) is 2.94. The molecule has 102 valence electrons. The van der Waals surface area contributed by atoms with Gasteiger partial charge in [0.25, 0.3) is 0 Å². The summed E-state index contributed by atoms with van der Waals surface area (Å²) in [5.74, 6) is 0.0145. The summed E-state index contributed by atoms with van der Waals surface area (Å²) in [6.45, 7) is 4.11. The molecule has 0 aliphatic carbocycles. The Labute approximate surface area is 120 Å². The molecule has 0 saturated carbocycles. The molecule has 1 aromatic carbocycles. The predicted octanol–water partition coefficient (Wildman–Crippen LogP) is 4.14. The molecule has 0 aliphatic heterocycles. The van der Waals surface area contributed by atoms with Gasteiger partial charge in [-0.25, -0.2) is 4.39 Å². The van der Waals surface area contributed by atoms with E-state index in [2.05, 4.69) is 30.1 Å². The number of hydrogen-bond donors (Lipinski definition) is 2. The molecule has 0 aliphatic rings. The second-order valence-corrected chi connectivity index (χ2v) is 5.94. The maximum atomic E-state index is 14.0. The van der Waals surface area contributed by atoms with Crippen molar-refractivity contribution in [1.29, 1.82) is 0 Å². The van der Waals surface area contributed by atoms with E-state index in [0.29, 0.717) is 16.9 Å². The number of H-pyrrole nitrogens is 1. The minimum atomic E-state index is -0.299. The fourth-order valence-corrected chi connectivity index (χ4v) is 3.20. The zero-order valence-corrected chi connectivity index (χ0v) is 12.0. The molecule has 0 atom stereocenters. The number of aryl methyl sites for hydroxylation is 2. The number of aromatic nitrogens is 2. The van der Waals surface area contributed by atoms with Gasteiger partial charge in [-0.2, -0.15) is 5.10 Å². The summed E-state index contributed by atoms with van der Waals surface area (Å²) >= 11 is 1.65. The summed E-state index contributed by atoms with van der Waals surface area (Å²) in [6.07, 6.45) is 0. The Morgan fingerprint density at radius 2 is 2.00 bits per heavy atom. The number of hydrogen-bond acceptors (Lipinski definition) is 3. The Kier molecular flexibility index (Phi) is 3.06. The number of halogens is 1. The summed E-state index contributed by atoms with van der Waals surface area (Å²) in [5.41, 5.74) is 9.00. The smallest absolute Gasteiger partial charge is 0.153 e. The molecule has 3 aromatic rings. The molecule has 20 heavy (non-hydrogen) atoms. The maximum Gasteiger partial charge on any atom is 0.153 e. The van der Waals surface area contributed by atoms with Crippen molar-refractivity contribution in [1.82, 2.24) is 10.2 Å². The largest absolute Gasteiger partial charge is 0.382 e. The highest BCUT2D eigenvalue weighted by molar-refractivity contribution is 7.15. The minimum absolute atomic E-state index is 0.299. The van der Waals surface area contributed by atoms with Crippen molar-refractivity contribution in [3.8, 4) is 21.7 Å². The van der Waals surface area contributed by atoms with Crippen molar-refractivity contribution >= 4 is 17.2 Å². The molecule has 3 nitrogen and oxygen atoms in total. The van der Waals surface area contributed by atoms with E-state index in [1.54, 1.807) is 29.5 Å². The first-order chi connectivity index (χ1) is 9.58. The van der Waals surface area contributed by atoms with Gasteiger partial charge in [0, 0.05) is 10.4 Å². The molecule has 3 rings (SSSR count). The Morgan fingerprint density at radius 3 is 2.65 bits per heavy atom. The van der Waals surface area contributed by atoms with Gasteiger partial charge in [-0.15, -0.1) is 11.3 Å². The van der Waals surface area contributed by atoms with E-state index in [4.69, 9.17) is 5.73 Å². The number of nitrogens with one attached hydrogen (secondary N) is 1. The van der Waals surface area contributed by atoms with Gasteiger partial charge in [0.2, 0.25) is 0 Å². The Morgan fingerprint density at radius 1 is 1.25 bits per heavy atom. The van der Waals surface area contributed by atoms with Gasteiger partial charge >= 0.3 is 0 Å². The third-order valence-electron chi connectivity index (χ3n) is 3.35. The standard InChI is InChI=1S/C15H14FN3S/c1-8-7-12(20-9(8)2)14-13(15(17)19-18-14)10-5-3-4-6-11(10)16/h3-7H,1-2H3,(H3,17,18,19). The van der Waals surface area contributed by atoms with Gasteiger partial charge in [-0.05, 0) is 31.5 Å². The summed E-state index contributed by atoms with van der Waals surface area (Å²) in [7, 11) is 0. The van der Waals surface area contributed by atoms with Crippen LogP contribution in [-0.2, 0) is 0 Å². The van der Waals surface area contributed by atoms with E-state index in [9.17, 15) is 4.39 Å². The normalized spacial score (nSPS) is 10.9. The number of nitrogens with zero attached hydrogens (tertiary/aromatic N) is 1. The van der Waals surface area contributed by atoms with Crippen molar-refractivity contribution in [2.24, 2.45) is 0 Å². The molecule has 0 amide bonds. The Balaban J connectivity index is 2.23. The molecule has 0 unspecified atom stereocenters. The lowest BCUT2D eigenvalue weighted by Gasteiger charge is -2.04. The van der Waals surface area contributed by atoms with Gasteiger partial charge in [-0.3, -0.25) is 5.10 Å². The van der Waals surface area contributed by atoms with E-state index in [1.807, 2.05) is 0 Å². The van der Waals surface area contributed by atoms with Crippen molar-refractivity contribution in [2.45, 2.75) is 13.8 Å². The van der Waals surface area contributed by atoms with Crippen LogP contribution in [0.3, 0.4) is 0 Å². The van der Waals surface area contributed by atoms with E-state index in [1.165, 1.54) is 16.5 Å². The third kappa shape index (κ3) is 2.00. The van der Waals surface area contributed by atoms with Crippen LogP contribution in [0.15, 0.2) is 30.3 Å². The number of nitrogen functional groups attached to an aromatic ring is 1. The van der Waals surface area contributed by atoms with Crippen molar-refractivity contribution in [3.63, 3.8) is 0 Å². The zero-order valence-electron chi connectivity index (χ0n) is 11.2. The van der Waals surface area contributed by atoms with E-state index >= 15 is 0 Å². The van der Waals surface area contributed by atoms with Crippen LogP contribution in [0, 0.1) is 19.7 Å². The van der Waals surface area contributed by atoms with Crippen LogP contribution in [0.4, 0.5) is 10.2 Å². The summed E-state index contributed by atoms with van der Waals surface area (Å²) in [6, 6.07) is 8.66. The number of nitrogens with two attached hydrogens (primary N) is 1. The van der Waals surface area contributed by atoms with Gasteiger partial charge in [0.15, 0.2) is 5.82 Å². The van der Waals surface area contributed by atoms with Crippen molar-refractivity contribution in [2.75, 3.05) is 5.73 Å². The first-order valence-corrected chi connectivity index (χ1v) is 7.05. The van der Waals surface area contributed by atoms with Crippen LogP contribution < -0.4 is 5.73 Å². The van der Waals surface area contributed by atoms with Crippen LogP contribution in [0.25, 0.3) is 21.7 Å². The van der Waals surface area contributed by atoms with Gasteiger partial charge in [-0.1, -0.05) is 18.2 Å². The first-order valence-electron chi connectivity index (χ1n) is 6.24. The lowest BCUT2D eigenvalue weighted by Crippen LogP contribution is -1.90. The summed E-state index contributed by atoms with van der Waals surface area (Å²) in [4.78, 5) is 2.25. The zero-order chi connectivity index (χ0) is 14.3. The Hall–Kier alpha value is -2.14. The van der Waals surface area contributed by atoms with Crippen LogP contribution >= 0.6 is 11.3 Å². The number of anilines is 1. The van der Waals surface area contributed by atoms with Crippen LogP contribution in [-0.4, -0.2) is 10.2 Å². The summed E-state index contributed by atoms with van der Waals surface area (Å²) < 4.78 is 14.0. The van der Waals surface area contributed by atoms with Crippen molar-refractivity contribution in [3.05, 3.63) is 46.6 Å². The monoisotopic (exact) mass is 287 g/mol. The van der Waals surface area contributed by atoms with E-state index in [-0.39, 0.29) is 5.82 Å². The molecule has 5 heteroatoms. The topological polar surface area (TPSA) is 54.7 Å². The second-order valence-electron chi connectivity index (χ2n) is 4.69. The number of rotatable bonds is 2. The minimum Gasteiger partial charge on any atom is -0.382 e. The van der Waals surface area contributed by atoms with E-state index in [0.717, 1.165) is 10.6 Å². The Bertz CT molecular complexity index is 754. The molecule has 0 radical (unpaired) electrons. The molecule has 0 bridgehead atoms. The number of benzene rings is 1. The predicted molar refractivity (Wildman–Crippen MR) is 81.2 cm³/mol. The molecule has 2 heterocycles. The first kappa shape index (κ1) is 12.9. The number of thiophene rings is 1. The molecule has 0 fully saturated rings. The van der Waals surface area contributed by atoms with Crippen LogP contribution in [0.2, 0.25) is 0 Å². The quantitative estimate of drug-likeness (QED) is 0.744.